The minimum Gasteiger partial charge on any atom is -0.357 e. The van der Waals surface area contributed by atoms with Crippen molar-refractivity contribution < 1.29 is 17.1 Å². The molecular weight excluding hydrogens is 564 g/mol. The number of hydrogen-bond donors (Lipinski definition) is 0. The second-order valence-electron chi connectivity index (χ2n) is 9.37. The number of pyridine rings is 2. The summed E-state index contributed by atoms with van der Waals surface area (Å²) in [5, 5.41) is 3.40. The SMILES string of the molecule is [Cu+2].c1cnc2c(c1)-c1nc-2nc2[n-]c(nc3nc(nc4[n-]c(n1)c1ccccc41)-c1ncccc1-3)c1ccccc21. The second kappa shape index (κ2) is 8.82. The van der Waals surface area contributed by atoms with E-state index in [1.165, 1.54) is 0 Å². The summed E-state index contributed by atoms with van der Waals surface area (Å²) < 4.78 is 0. The topological polar surface area (TPSA) is 131 Å². The molecule has 9 rings (SSSR count). The molecule has 0 unspecified atom stereocenters. The van der Waals surface area contributed by atoms with E-state index in [0.29, 0.717) is 57.3 Å². The summed E-state index contributed by atoms with van der Waals surface area (Å²) >= 11 is 0. The summed E-state index contributed by atoms with van der Waals surface area (Å²) in [7, 11) is 0. The molecule has 41 heavy (non-hydrogen) atoms. The zero-order valence-corrected chi connectivity index (χ0v) is 21.8. The molecule has 5 aromatic heterocycles. The third-order valence-corrected chi connectivity index (χ3v) is 7.03. The van der Waals surface area contributed by atoms with Crippen LogP contribution in [-0.4, -0.2) is 39.9 Å². The predicted octanol–water partition coefficient (Wildman–Crippen LogP) is 4.91. The van der Waals surface area contributed by atoms with Crippen LogP contribution in [0, 0.1) is 0 Å². The van der Waals surface area contributed by atoms with Crippen molar-refractivity contribution in [2.45, 2.75) is 0 Å². The van der Waals surface area contributed by atoms with Gasteiger partial charge in [0.1, 0.15) is 23.0 Å². The molecule has 1 radical (unpaired) electrons. The van der Waals surface area contributed by atoms with Gasteiger partial charge < -0.3 is 29.9 Å². The summed E-state index contributed by atoms with van der Waals surface area (Å²) in [6.45, 7) is 0. The zero-order valence-electron chi connectivity index (χ0n) is 20.9. The quantitative estimate of drug-likeness (QED) is 0.229. The average molecular weight is 578 g/mol. The molecule has 10 nitrogen and oxygen atoms in total. The fourth-order valence-electron chi connectivity index (χ4n) is 5.21. The largest absolute Gasteiger partial charge is 2.00 e. The maximum Gasteiger partial charge on any atom is 2.00 e. The number of aromatic nitrogens is 10. The minimum atomic E-state index is 0. The molecule has 11 heteroatoms. The Kier molecular flexibility index (Phi) is 5.05. The zero-order chi connectivity index (χ0) is 26.2. The molecule has 195 valence electrons. The first-order valence-electron chi connectivity index (χ1n) is 12.6. The van der Waals surface area contributed by atoms with Gasteiger partial charge in [0, 0.05) is 46.1 Å². The summed E-state index contributed by atoms with van der Waals surface area (Å²) in [5.41, 5.74) is 4.82. The van der Waals surface area contributed by atoms with E-state index < -0.39 is 0 Å². The molecule has 0 N–H and O–H groups in total. The molecule has 0 fully saturated rings. The van der Waals surface area contributed by atoms with E-state index in [0.717, 1.165) is 32.7 Å². The minimum absolute atomic E-state index is 0. The van der Waals surface area contributed by atoms with E-state index in [4.69, 9.17) is 39.9 Å². The van der Waals surface area contributed by atoms with E-state index in [1.807, 2.05) is 72.8 Å². The van der Waals surface area contributed by atoms with Crippen molar-refractivity contribution >= 4 is 44.1 Å². The van der Waals surface area contributed by atoms with Gasteiger partial charge in [0.15, 0.2) is 0 Å². The molecule has 7 heterocycles. The van der Waals surface area contributed by atoms with Gasteiger partial charge in [-0.15, -0.1) is 0 Å². The third kappa shape index (κ3) is 3.50. The molecule has 0 amide bonds. The van der Waals surface area contributed by atoms with Crippen molar-refractivity contribution in [2.75, 3.05) is 0 Å². The average Bonchev–Trinajstić information content (AvgIpc) is 3.73. The van der Waals surface area contributed by atoms with Crippen LogP contribution >= 0.6 is 0 Å². The molecule has 0 aliphatic carbocycles. The van der Waals surface area contributed by atoms with E-state index in [-0.39, 0.29) is 17.1 Å². The van der Waals surface area contributed by atoms with Crippen LogP contribution in [0.15, 0.2) is 85.2 Å². The Morgan fingerprint density at radius 3 is 1.15 bits per heavy atom. The van der Waals surface area contributed by atoms with Gasteiger partial charge in [-0.2, -0.15) is 0 Å². The van der Waals surface area contributed by atoms with Gasteiger partial charge in [0.05, 0.1) is 11.6 Å². The van der Waals surface area contributed by atoms with Crippen LogP contribution in [0.3, 0.4) is 0 Å². The Balaban J connectivity index is 0.00000256. The maximum atomic E-state index is 4.89. The molecule has 7 aromatic rings. The molecule has 2 aliphatic heterocycles. The van der Waals surface area contributed by atoms with E-state index in [9.17, 15) is 0 Å². The normalized spacial score (nSPS) is 11.7. The van der Waals surface area contributed by atoms with E-state index in [2.05, 4.69) is 9.97 Å². The Hall–Kier alpha value is -5.38. The molecule has 0 saturated heterocycles. The number of benzene rings is 2. The molecule has 0 spiro atoms. The first-order chi connectivity index (χ1) is 19.8. The summed E-state index contributed by atoms with van der Waals surface area (Å²) in [5.74, 6) is 1.82. The van der Waals surface area contributed by atoms with Crippen molar-refractivity contribution in [1.82, 2.24) is 49.8 Å². The molecule has 8 bridgehead atoms. The number of hydrogen-bond acceptors (Lipinski definition) is 8. The maximum absolute atomic E-state index is 4.89. The second-order valence-corrected chi connectivity index (χ2v) is 9.37. The number of rotatable bonds is 0. The van der Waals surface area contributed by atoms with E-state index >= 15 is 0 Å². The van der Waals surface area contributed by atoms with Gasteiger partial charge in [0.2, 0.25) is 0 Å². The first-order valence-corrected chi connectivity index (χ1v) is 12.6. The van der Waals surface area contributed by atoms with Crippen molar-refractivity contribution in [1.29, 1.82) is 0 Å². The Labute approximate surface area is 241 Å². The van der Waals surface area contributed by atoms with Gasteiger partial charge in [0.25, 0.3) is 0 Å². The Bertz CT molecular complexity index is 2040. The van der Waals surface area contributed by atoms with Gasteiger partial charge >= 0.3 is 17.1 Å². The first kappa shape index (κ1) is 23.5. The number of nitrogens with zero attached hydrogens (tertiary/aromatic N) is 10. The smallest absolute Gasteiger partial charge is 0.357 e. The number of fused-ring (bicyclic) bond motifs is 20. The van der Waals surface area contributed by atoms with Crippen LogP contribution in [0.25, 0.3) is 89.9 Å². The van der Waals surface area contributed by atoms with Gasteiger partial charge in [-0.05, 0) is 45.8 Å². The summed E-state index contributed by atoms with van der Waals surface area (Å²) in [6, 6.07) is 23.3. The molecule has 2 aromatic carbocycles. The Morgan fingerprint density at radius 2 is 0.756 bits per heavy atom. The predicted molar refractivity (Wildman–Crippen MR) is 150 cm³/mol. The van der Waals surface area contributed by atoms with Crippen molar-refractivity contribution in [3.63, 3.8) is 0 Å². The van der Waals surface area contributed by atoms with Crippen molar-refractivity contribution in [3.05, 3.63) is 85.2 Å². The monoisotopic (exact) mass is 577 g/mol. The molecular formula is C30H14CuN10. The van der Waals surface area contributed by atoms with Gasteiger partial charge in [-0.1, -0.05) is 48.5 Å². The fraction of sp³-hybridized carbons (Fsp3) is 0. The fourth-order valence-corrected chi connectivity index (χ4v) is 5.21. The van der Waals surface area contributed by atoms with Gasteiger partial charge in [-0.25, -0.2) is 9.97 Å². The van der Waals surface area contributed by atoms with E-state index in [1.54, 1.807) is 12.4 Å². The summed E-state index contributed by atoms with van der Waals surface area (Å²) in [6.07, 6.45) is 3.44. The van der Waals surface area contributed by atoms with Crippen LogP contribution in [0.4, 0.5) is 0 Å². The van der Waals surface area contributed by atoms with Gasteiger partial charge in [-0.3, -0.25) is 9.97 Å². The molecule has 0 saturated carbocycles. The molecule has 2 aliphatic rings. The summed E-state index contributed by atoms with van der Waals surface area (Å²) in [4.78, 5) is 47.9. The third-order valence-electron chi connectivity index (χ3n) is 7.03. The van der Waals surface area contributed by atoms with Crippen LogP contribution in [-0.2, 0) is 17.1 Å². The van der Waals surface area contributed by atoms with Crippen LogP contribution in [0.1, 0.15) is 0 Å². The van der Waals surface area contributed by atoms with Crippen LogP contribution < -0.4 is 9.97 Å². The standard InChI is InChI=1S/C30H14N10.Cu/c1-3-9-17-15(7-1)23-33-25(17)37-29-22-20(12-6-14-32-22)28(40-29)36-24-16-8-2-4-10-18(16)26(34-24)38-30-21-19(11-5-13-31-21)27(35-23)39-30;/h1-14H;/q-2;+2. The molecule has 0 atom stereocenters. The van der Waals surface area contributed by atoms with Crippen LogP contribution in [0.5, 0.6) is 0 Å². The van der Waals surface area contributed by atoms with Crippen molar-refractivity contribution in [3.8, 4) is 45.8 Å². The van der Waals surface area contributed by atoms with Crippen molar-refractivity contribution in [2.24, 2.45) is 0 Å². The Morgan fingerprint density at radius 1 is 0.390 bits per heavy atom. The van der Waals surface area contributed by atoms with Crippen LogP contribution in [0.2, 0.25) is 0 Å².